The summed E-state index contributed by atoms with van der Waals surface area (Å²) in [4.78, 5) is 25.4. The molecule has 1 aromatic heterocycles. The summed E-state index contributed by atoms with van der Waals surface area (Å²) < 4.78 is 30.6. The normalized spacial score (nSPS) is 11.7. The van der Waals surface area contributed by atoms with E-state index in [4.69, 9.17) is 11.6 Å². The number of fused-ring (bicyclic) bond motifs is 1. The van der Waals surface area contributed by atoms with Crippen LogP contribution in [-0.2, 0) is 14.8 Å². The molecule has 182 valence electrons. The van der Waals surface area contributed by atoms with E-state index in [0.29, 0.717) is 22.0 Å². The largest absolute Gasteiger partial charge is 0.324 e. The highest BCUT2D eigenvalue weighted by molar-refractivity contribution is 7.92. The summed E-state index contributed by atoms with van der Waals surface area (Å²) in [6.45, 7) is 5.11. The molecule has 0 fully saturated rings. The van der Waals surface area contributed by atoms with Gasteiger partial charge in [0.25, 0.3) is 10.0 Å². The van der Waals surface area contributed by atoms with Crippen molar-refractivity contribution >= 4 is 60.5 Å². The van der Waals surface area contributed by atoms with E-state index < -0.39 is 22.5 Å². The third-order valence-corrected chi connectivity index (χ3v) is 8.64. The maximum Gasteiger partial charge on any atom is 0.308 e. The van der Waals surface area contributed by atoms with Crippen molar-refractivity contribution in [2.45, 2.75) is 31.7 Å². The minimum atomic E-state index is -4.06. The molecular formula is C25H24ClN3O4S2. The molecule has 3 aromatic carbocycles. The fourth-order valence-corrected chi connectivity index (χ4v) is 6.54. The number of aromatic nitrogens is 1. The van der Waals surface area contributed by atoms with Crippen molar-refractivity contribution in [1.82, 2.24) is 4.57 Å². The number of hydrogen-bond acceptors (Lipinski definition) is 5. The molecule has 35 heavy (non-hydrogen) atoms. The number of benzene rings is 3. The predicted octanol–water partition coefficient (Wildman–Crippen LogP) is 5.44. The van der Waals surface area contributed by atoms with Gasteiger partial charge in [-0.15, -0.1) is 0 Å². The van der Waals surface area contributed by atoms with Crippen LogP contribution in [0.4, 0.5) is 11.4 Å². The number of carbonyl (C=O) groups excluding carboxylic acids is 1. The molecule has 0 saturated carbocycles. The molecule has 1 N–H and O–H groups in total. The molecule has 4 rings (SSSR count). The van der Waals surface area contributed by atoms with Gasteiger partial charge in [0.15, 0.2) is 0 Å². The average molecular weight is 530 g/mol. The Morgan fingerprint density at radius 3 is 2.49 bits per heavy atom. The third-order valence-electron chi connectivity index (χ3n) is 5.54. The van der Waals surface area contributed by atoms with Gasteiger partial charge in [-0.3, -0.25) is 18.5 Å². The lowest BCUT2D eigenvalue weighted by Gasteiger charge is -2.26. The van der Waals surface area contributed by atoms with Crippen LogP contribution in [0.25, 0.3) is 10.2 Å². The van der Waals surface area contributed by atoms with Crippen LogP contribution >= 0.6 is 22.9 Å². The molecule has 0 radical (unpaired) electrons. The Morgan fingerprint density at radius 2 is 1.80 bits per heavy atom. The van der Waals surface area contributed by atoms with Crippen LogP contribution in [-0.4, -0.2) is 25.4 Å². The van der Waals surface area contributed by atoms with Crippen LogP contribution in [0.5, 0.6) is 0 Å². The summed E-state index contributed by atoms with van der Waals surface area (Å²) in [7, 11) is -4.06. The van der Waals surface area contributed by atoms with Gasteiger partial charge in [-0.2, -0.15) is 0 Å². The highest BCUT2D eigenvalue weighted by Crippen LogP contribution is 2.31. The lowest BCUT2D eigenvalue weighted by Crippen LogP contribution is -2.38. The fourth-order valence-electron chi connectivity index (χ4n) is 3.82. The summed E-state index contributed by atoms with van der Waals surface area (Å²) in [6.07, 6.45) is 0. The molecule has 1 heterocycles. The first-order valence-electron chi connectivity index (χ1n) is 10.9. The van der Waals surface area contributed by atoms with Gasteiger partial charge >= 0.3 is 4.87 Å². The van der Waals surface area contributed by atoms with Gasteiger partial charge in [-0.1, -0.05) is 47.2 Å². The van der Waals surface area contributed by atoms with E-state index in [2.05, 4.69) is 5.32 Å². The van der Waals surface area contributed by atoms with Crippen molar-refractivity contribution in [2.75, 3.05) is 16.2 Å². The monoisotopic (exact) mass is 529 g/mol. The van der Waals surface area contributed by atoms with Gasteiger partial charge in [-0.05, 0) is 68.8 Å². The molecule has 0 bridgehead atoms. The van der Waals surface area contributed by atoms with Crippen molar-refractivity contribution in [3.63, 3.8) is 0 Å². The van der Waals surface area contributed by atoms with Gasteiger partial charge in [0.1, 0.15) is 6.54 Å². The number of carbonyl (C=O) groups is 1. The number of thiazole rings is 1. The van der Waals surface area contributed by atoms with Gasteiger partial charge in [0, 0.05) is 16.8 Å². The zero-order valence-corrected chi connectivity index (χ0v) is 21.7. The molecule has 0 aliphatic heterocycles. The second-order valence-electron chi connectivity index (χ2n) is 8.27. The number of anilines is 2. The zero-order chi connectivity index (χ0) is 25.3. The molecule has 10 heteroatoms. The van der Waals surface area contributed by atoms with Crippen molar-refractivity contribution < 1.29 is 13.2 Å². The standard InChI is InChI=1S/C25H24ClN3O4S2/c1-16(2)29-22-13-12-18(14-23(22)34-25(29)31)27-24(30)15-28(21-11-7-10-20(26)17(21)3)35(32,33)19-8-5-4-6-9-19/h4-14,16H,15H2,1-3H3,(H,27,30). The van der Waals surface area contributed by atoms with Gasteiger partial charge in [0.2, 0.25) is 5.91 Å². The van der Waals surface area contributed by atoms with E-state index in [1.54, 1.807) is 66.1 Å². The smallest absolute Gasteiger partial charge is 0.308 e. The Kier molecular flexibility index (Phi) is 7.02. The van der Waals surface area contributed by atoms with E-state index in [-0.39, 0.29) is 15.8 Å². The van der Waals surface area contributed by atoms with E-state index in [0.717, 1.165) is 25.9 Å². The van der Waals surface area contributed by atoms with Crippen molar-refractivity contribution in [3.05, 3.63) is 87.0 Å². The van der Waals surface area contributed by atoms with Crippen LogP contribution in [0.15, 0.2) is 76.4 Å². The highest BCUT2D eigenvalue weighted by Gasteiger charge is 2.28. The topological polar surface area (TPSA) is 88.5 Å². The number of sulfonamides is 1. The van der Waals surface area contributed by atoms with Crippen molar-refractivity contribution in [1.29, 1.82) is 0 Å². The van der Waals surface area contributed by atoms with E-state index in [1.165, 1.54) is 12.1 Å². The molecule has 7 nitrogen and oxygen atoms in total. The molecule has 1 amide bonds. The fraction of sp³-hybridized carbons (Fsp3) is 0.200. The molecule has 0 atom stereocenters. The molecule has 0 aliphatic rings. The maximum absolute atomic E-state index is 13.5. The minimum absolute atomic E-state index is 0.00868. The number of halogens is 1. The predicted molar refractivity (Wildman–Crippen MR) is 142 cm³/mol. The summed E-state index contributed by atoms with van der Waals surface area (Å²) in [5, 5.41) is 3.16. The molecule has 0 aliphatic carbocycles. The first-order valence-corrected chi connectivity index (χ1v) is 13.5. The average Bonchev–Trinajstić information content (AvgIpc) is 3.15. The number of nitrogens with zero attached hydrogens (tertiary/aromatic N) is 2. The van der Waals surface area contributed by atoms with Crippen molar-refractivity contribution in [3.8, 4) is 0 Å². The molecule has 0 spiro atoms. The number of nitrogens with one attached hydrogen (secondary N) is 1. The number of hydrogen-bond donors (Lipinski definition) is 1. The Labute approximate surface area is 212 Å². The van der Waals surface area contributed by atoms with Gasteiger partial charge < -0.3 is 5.32 Å². The number of rotatable bonds is 7. The summed E-state index contributed by atoms with van der Waals surface area (Å²) in [5.41, 5.74) is 2.12. The first kappa shape index (κ1) is 25.0. The molecule has 0 saturated heterocycles. The van der Waals surface area contributed by atoms with E-state index in [1.807, 2.05) is 13.8 Å². The molecular weight excluding hydrogens is 506 g/mol. The summed E-state index contributed by atoms with van der Waals surface area (Å²) in [5.74, 6) is -0.529. The quantitative estimate of drug-likeness (QED) is 0.345. The second kappa shape index (κ2) is 9.85. The van der Waals surface area contributed by atoms with Crippen LogP contribution in [0.3, 0.4) is 0 Å². The highest BCUT2D eigenvalue weighted by atomic mass is 35.5. The van der Waals surface area contributed by atoms with Crippen molar-refractivity contribution in [2.24, 2.45) is 0 Å². The molecule has 4 aromatic rings. The van der Waals surface area contributed by atoms with Gasteiger partial charge in [0.05, 0.1) is 20.8 Å². The Morgan fingerprint density at radius 1 is 1.09 bits per heavy atom. The summed E-state index contributed by atoms with van der Waals surface area (Å²) in [6, 6.07) is 18.1. The van der Waals surface area contributed by atoms with Crippen LogP contribution in [0.2, 0.25) is 5.02 Å². The van der Waals surface area contributed by atoms with E-state index >= 15 is 0 Å². The molecule has 0 unspecified atom stereocenters. The lowest BCUT2D eigenvalue weighted by atomic mass is 10.2. The van der Waals surface area contributed by atoms with Crippen LogP contribution in [0, 0.1) is 6.92 Å². The summed E-state index contributed by atoms with van der Waals surface area (Å²) >= 11 is 7.36. The third kappa shape index (κ3) is 4.98. The first-order chi connectivity index (χ1) is 16.6. The Balaban J connectivity index is 1.68. The number of amides is 1. The maximum atomic E-state index is 13.5. The Hall–Kier alpha value is -3.14. The second-order valence-corrected chi connectivity index (χ2v) is 11.5. The SMILES string of the molecule is Cc1c(Cl)cccc1N(CC(=O)Nc1ccc2c(c1)sc(=O)n2C(C)C)S(=O)(=O)c1ccccc1. The Bertz CT molecular complexity index is 1560. The lowest BCUT2D eigenvalue weighted by molar-refractivity contribution is -0.114. The van der Waals surface area contributed by atoms with Gasteiger partial charge in [-0.25, -0.2) is 8.42 Å². The van der Waals surface area contributed by atoms with E-state index in [9.17, 15) is 18.0 Å². The zero-order valence-electron chi connectivity index (χ0n) is 19.4. The van der Waals surface area contributed by atoms with Crippen LogP contribution < -0.4 is 14.5 Å². The minimum Gasteiger partial charge on any atom is -0.324 e. The van der Waals surface area contributed by atoms with Crippen LogP contribution in [0.1, 0.15) is 25.5 Å².